The summed E-state index contributed by atoms with van der Waals surface area (Å²) in [4.78, 5) is 0. The molecule has 0 saturated carbocycles. The van der Waals surface area contributed by atoms with Gasteiger partial charge in [-0.05, 0) is 18.6 Å². The van der Waals surface area contributed by atoms with Gasteiger partial charge in [-0.1, -0.05) is 48.5 Å². The average Bonchev–Trinajstić information content (AvgIpc) is 2.39. The van der Waals surface area contributed by atoms with E-state index < -0.39 is 0 Å². The summed E-state index contributed by atoms with van der Waals surface area (Å²) >= 11 is 0. The lowest BCUT2D eigenvalue weighted by atomic mass is 10.00. The van der Waals surface area contributed by atoms with Crippen LogP contribution in [-0.2, 0) is 0 Å². The van der Waals surface area contributed by atoms with E-state index in [1.54, 1.807) is 0 Å². The van der Waals surface area contributed by atoms with Crippen molar-refractivity contribution in [1.29, 1.82) is 0 Å². The van der Waals surface area contributed by atoms with Crippen molar-refractivity contribution < 1.29 is 0 Å². The van der Waals surface area contributed by atoms with Gasteiger partial charge in [-0.15, -0.1) is 0 Å². The Morgan fingerprint density at radius 1 is 0.765 bits per heavy atom. The second-order valence-electron chi connectivity index (χ2n) is 4.04. The summed E-state index contributed by atoms with van der Waals surface area (Å²) in [6.07, 6.45) is 0. The van der Waals surface area contributed by atoms with Gasteiger partial charge in [-0.2, -0.15) is 10.2 Å². The molecule has 1 heterocycles. The Morgan fingerprint density at radius 2 is 1.47 bits per heavy atom. The number of rotatable bonds is 1. The zero-order valence-electron chi connectivity index (χ0n) is 9.59. The molecule has 1 aromatic heterocycles. The van der Waals surface area contributed by atoms with Gasteiger partial charge in [-0.3, -0.25) is 0 Å². The van der Waals surface area contributed by atoms with Crippen molar-refractivity contribution in [3.05, 3.63) is 60.3 Å². The van der Waals surface area contributed by atoms with Crippen molar-refractivity contribution in [3.8, 4) is 11.1 Å². The largest absolute Gasteiger partial charge is 0.155 e. The molecule has 2 heteroatoms. The molecular formula is C15H12N2. The molecule has 0 fully saturated rings. The maximum absolute atomic E-state index is 4.23. The van der Waals surface area contributed by atoms with E-state index in [2.05, 4.69) is 28.4 Å². The van der Waals surface area contributed by atoms with Crippen molar-refractivity contribution in [1.82, 2.24) is 10.2 Å². The molecule has 0 N–H and O–H groups in total. The van der Waals surface area contributed by atoms with Gasteiger partial charge in [-0.25, -0.2) is 0 Å². The zero-order valence-corrected chi connectivity index (χ0v) is 9.59. The third-order valence-electron chi connectivity index (χ3n) is 2.91. The van der Waals surface area contributed by atoms with Gasteiger partial charge in [0, 0.05) is 10.9 Å². The van der Waals surface area contributed by atoms with Crippen LogP contribution in [0.25, 0.3) is 22.0 Å². The van der Waals surface area contributed by atoms with E-state index in [1.807, 2.05) is 43.3 Å². The Labute approximate surface area is 99.9 Å². The minimum absolute atomic E-state index is 0.942. The average molecular weight is 220 g/mol. The summed E-state index contributed by atoms with van der Waals surface area (Å²) in [6, 6.07) is 18.4. The molecule has 2 aromatic carbocycles. The van der Waals surface area contributed by atoms with Crippen LogP contribution in [0.4, 0.5) is 0 Å². The Morgan fingerprint density at radius 3 is 2.29 bits per heavy atom. The lowest BCUT2D eigenvalue weighted by Crippen LogP contribution is -1.93. The second kappa shape index (κ2) is 3.98. The first-order valence-corrected chi connectivity index (χ1v) is 5.64. The summed E-state index contributed by atoms with van der Waals surface area (Å²) in [5, 5.41) is 9.61. The number of hydrogen-bond acceptors (Lipinski definition) is 2. The highest BCUT2D eigenvalue weighted by molar-refractivity contribution is 5.94. The fourth-order valence-corrected chi connectivity index (χ4v) is 2.12. The highest BCUT2D eigenvalue weighted by atomic mass is 15.1. The van der Waals surface area contributed by atoms with Crippen molar-refractivity contribution in [2.45, 2.75) is 6.92 Å². The SMILES string of the molecule is Cc1nnc2ccccc2c1-c1ccccc1. The topological polar surface area (TPSA) is 25.8 Å². The van der Waals surface area contributed by atoms with E-state index in [1.165, 1.54) is 11.1 Å². The van der Waals surface area contributed by atoms with Crippen molar-refractivity contribution >= 4 is 10.9 Å². The summed E-state index contributed by atoms with van der Waals surface area (Å²) in [5.41, 5.74) is 4.28. The maximum atomic E-state index is 4.23. The predicted octanol–water partition coefficient (Wildman–Crippen LogP) is 3.61. The Hall–Kier alpha value is -2.22. The number of fused-ring (bicyclic) bond motifs is 1. The standard InChI is InChI=1S/C15H12N2/c1-11-15(12-7-3-2-4-8-12)13-9-5-6-10-14(13)17-16-11/h2-10H,1H3. The van der Waals surface area contributed by atoms with Crippen molar-refractivity contribution in [2.75, 3.05) is 0 Å². The number of nitrogens with zero attached hydrogens (tertiary/aromatic N) is 2. The van der Waals surface area contributed by atoms with Crippen LogP contribution in [0.2, 0.25) is 0 Å². The Bertz CT molecular complexity index is 660. The van der Waals surface area contributed by atoms with Crippen LogP contribution in [0.15, 0.2) is 54.6 Å². The molecular weight excluding hydrogens is 208 g/mol. The number of aromatic nitrogens is 2. The molecule has 0 aliphatic carbocycles. The molecule has 0 bridgehead atoms. The normalized spacial score (nSPS) is 10.6. The smallest absolute Gasteiger partial charge is 0.0936 e. The van der Waals surface area contributed by atoms with Gasteiger partial charge in [0.05, 0.1) is 11.2 Å². The van der Waals surface area contributed by atoms with Crippen LogP contribution in [0.5, 0.6) is 0 Å². The molecule has 0 aliphatic rings. The first-order valence-electron chi connectivity index (χ1n) is 5.64. The fourth-order valence-electron chi connectivity index (χ4n) is 2.12. The number of hydrogen-bond donors (Lipinski definition) is 0. The first-order chi connectivity index (χ1) is 8.36. The molecule has 0 radical (unpaired) electrons. The third-order valence-corrected chi connectivity index (χ3v) is 2.91. The molecule has 82 valence electrons. The van der Waals surface area contributed by atoms with E-state index in [4.69, 9.17) is 0 Å². The monoisotopic (exact) mass is 220 g/mol. The maximum Gasteiger partial charge on any atom is 0.0936 e. The highest BCUT2D eigenvalue weighted by Gasteiger charge is 2.08. The predicted molar refractivity (Wildman–Crippen MR) is 69.7 cm³/mol. The molecule has 17 heavy (non-hydrogen) atoms. The van der Waals surface area contributed by atoms with Gasteiger partial charge in [0.25, 0.3) is 0 Å². The molecule has 3 rings (SSSR count). The van der Waals surface area contributed by atoms with Crippen LogP contribution in [0.1, 0.15) is 5.69 Å². The minimum atomic E-state index is 0.942. The molecule has 0 amide bonds. The summed E-state index contributed by atoms with van der Waals surface area (Å²) < 4.78 is 0. The third kappa shape index (κ3) is 1.68. The van der Waals surface area contributed by atoms with Crippen LogP contribution >= 0.6 is 0 Å². The molecule has 2 nitrogen and oxygen atoms in total. The molecule has 0 spiro atoms. The van der Waals surface area contributed by atoms with E-state index in [0.717, 1.165) is 16.6 Å². The van der Waals surface area contributed by atoms with Gasteiger partial charge in [0.15, 0.2) is 0 Å². The van der Waals surface area contributed by atoms with Crippen molar-refractivity contribution in [2.24, 2.45) is 0 Å². The van der Waals surface area contributed by atoms with Crippen LogP contribution in [0, 0.1) is 6.92 Å². The summed E-state index contributed by atoms with van der Waals surface area (Å²) in [6.45, 7) is 2.00. The molecule has 0 atom stereocenters. The van der Waals surface area contributed by atoms with E-state index >= 15 is 0 Å². The first kappa shape index (κ1) is 9.97. The van der Waals surface area contributed by atoms with E-state index in [9.17, 15) is 0 Å². The second-order valence-corrected chi connectivity index (χ2v) is 4.04. The van der Waals surface area contributed by atoms with Gasteiger partial charge in [0.1, 0.15) is 0 Å². The Kier molecular flexibility index (Phi) is 2.33. The minimum Gasteiger partial charge on any atom is -0.155 e. The number of benzene rings is 2. The summed E-state index contributed by atoms with van der Waals surface area (Å²) in [5.74, 6) is 0. The summed E-state index contributed by atoms with van der Waals surface area (Å²) in [7, 11) is 0. The van der Waals surface area contributed by atoms with Crippen LogP contribution in [0.3, 0.4) is 0 Å². The van der Waals surface area contributed by atoms with Crippen LogP contribution in [-0.4, -0.2) is 10.2 Å². The fraction of sp³-hybridized carbons (Fsp3) is 0.0667. The van der Waals surface area contributed by atoms with Gasteiger partial charge in [0.2, 0.25) is 0 Å². The zero-order chi connectivity index (χ0) is 11.7. The molecule has 0 unspecified atom stereocenters. The van der Waals surface area contributed by atoms with Crippen molar-refractivity contribution in [3.63, 3.8) is 0 Å². The molecule has 0 aliphatic heterocycles. The number of aryl methyl sites for hydroxylation is 1. The van der Waals surface area contributed by atoms with Gasteiger partial charge >= 0.3 is 0 Å². The molecule has 0 saturated heterocycles. The Balaban J connectivity index is 2.39. The van der Waals surface area contributed by atoms with Gasteiger partial charge < -0.3 is 0 Å². The molecule has 3 aromatic rings. The lowest BCUT2D eigenvalue weighted by Gasteiger charge is -2.08. The lowest BCUT2D eigenvalue weighted by molar-refractivity contribution is 1.02. The van der Waals surface area contributed by atoms with Crippen LogP contribution < -0.4 is 0 Å². The quantitative estimate of drug-likeness (QED) is 0.626. The highest BCUT2D eigenvalue weighted by Crippen LogP contribution is 2.28. The van der Waals surface area contributed by atoms with E-state index in [-0.39, 0.29) is 0 Å². The van der Waals surface area contributed by atoms with E-state index in [0.29, 0.717) is 0 Å².